The van der Waals surface area contributed by atoms with Crippen LogP contribution in [0.4, 0.5) is 13.2 Å². The molecule has 94 valence electrons. The van der Waals surface area contributed by atoms with E-state index >= 15 is 0 Å². The van der Waals surface area contributed by atoms with E-state index in [1.165, 1.54) is 6.07 Å². The lowest BCUT2D eigenvalue weighted by Gasteiger charge is -2.14. The molecule has 0 heterocycles. The van der Waals surface area contributed by atoms with Crippen molar-refractivity contribution in [3.05, 3.63) is 54.1 Å². The van der Waals surface area contributed by atoms with Crippen molar-refractivity contribution in [2.24, 2.45) is 0 Å². The third-order valence-corrected chi connectivity index (χ3v) is 2.45. The van der Waals surface area contributed by atoms with Crippen molar-refractivity contribution in [3.63, 3.8) is 0 Å². The number of hydrogen-bond acceptors (Lipinski definition) is 1. The predicted molar refractivity (Wildman–Crippen MR) is 63.3 cm³/mol. The molecule has 0 amide bonds. The van der Waals surface area contributed by atoms with E-state index in [2.05, 4.69) is 4.74 Å². The Morgan fingerprint density at radius 3 is 2.22 bits per heavy atom. The molecule has 0 saturated heterocycles. The molecule has 0 aliphatic carbocycles. The average Bonchev–Trinajstić information content (AvgIpc) is 2.31. The zero-order chi connectivity index (χ0) is 13.2. The summed E-state index contributed by atoms with van der Waals surface area (Å²) in [6, 6.07) is 13.5. The highest BCUT2D eigenvalue weighted by Gasteiger charge is 2.32. The zero-order valence-corrected chi connectivity index (χ0v) is 9.66. The Hall–Kier alpha value is -1.97. The molecule has 2 aromatic carbocycles. The van der Waals surface area contributed by atoms with Crippen LogP contribution in [0.5, 0.6) is 5.75 Å². The van der Waals surface area contributed by atoms with E-state index in [0.717, 1.165) is 5.56 Å². The van der Waals surface area contributed by atoms with Crippen molar-refractivity contribution in [1.29, 1.82) is 0 Å². The monoisotopic (exact) mass is 252 g/mol. The highest BCUT2D eigenvalue weighted by molar-refractivity contribution is 5.71. The lowest BCUT2D eigenvalue weighted by atomic mass is 10.0. The zero-order valence-electron chi connectivity index (χ0n) is 9.66. The molecular weight excluding hydrogens is 241 g/mol. The molecule has 0 aromatic heterocycles. The van der Waals surface area contributed by atoms with Gasteiger partial charge >= 0.3 is 6.36 Å². The van der Waals surface area contributed by atoms with Crippen molar-refractivity contribution < 1.29 is 17.9 Å². The van der Waals surface area contributed by atoms with Gasteiger partial charge in [0.1, 0.15) is 5.75 Å². The van der Waals surface area contributed by atoms with Crippen LogP contribution in [0.25, 0.3) is 11.1 Å². The Morgan fingerprint density at radius 2 is 1.61 bits per heavy atom. The van der Waals surface area contributed by atoms with Gasteiger partial charge < -0.3 is 4.74 Å². The summed E-state index contributed by atoms with van der Waals surface area (Å²) in [6.07, 6.45) is -4.68. The van der Waals surface area contributed by atoms with Crippen molar-refractivity contribution in [3.8, 4) is 16.9 Å². The summed E-state index contributed by atoms with van der Waals surface area (Å²) in [7, 11) is 0. The van der Waals surface area contributed by atoms with E-state index < -0.39 is 6.36 Å². The highest BCUT2D eigenvalue weighted by Crippen LogP contribution is 2.34. The van der Waals surface area contributed by atoms with E-state index in [0.29, 0.717) is 11.1 Å². The number of aryl methyl sites for hydroxylation is 1. The smallest absolute Gasteiger partial charge is 0.405 e. The lowest BCUT2D eigenvalue weighted by Crippen LogP contribution is -2.17. The minimum Gasteiger partial charge on any atom is -0.405 e. The van der Waals surface area contributed by atoms with Gasteiger partial charge in [-0.25, -0.2) is 0 Å². The first kappa shape index (κ1) is 12.5. The number of benzene rings is 2. The summed E-state index contributed by atoms with van der Waals surface area (Å²) in [5, 5.41) is 0. The van der Waals surface area contributed by atoms with Gasteiger partial charge in [-0.2, -0.15) is 0 Å². The fourth-order valence-corrected chi connectivity index (χ4v) is 1.70. The van der Waals surface area contributed by atoms with Gasteiger partial charge in [0.05, 0.1) is 0 Å². The summed E-state index contributed by atoms with van der Waals surface area (Å²) < 4.78 is 41.0. The second kappa shape index (κ2) is 4.72. The largest absolute Gasteiger partial charge is 0.573 e. The second-order valence-corrected chi connectivity index (χ2v) is 3.91. The fourth-order valence-electron chi connectivity index (χ4n) is 1.70. The van der Waals surface area contributed by atoms with Crippen LogP contribution in [0.15, 0.2) is 48.5 Å². The maximum Gasteiger partial charge on any atom is 0.573 e. The maximum atomic E-state index is 12.3. The molecule has 0 saturated carbocycles. The minimum atomic E-state index is -4.68. The van der Waals surface area contributed by atoms with Gasteiger partial charge in [0.15, 0.2) is 0 Å². The van der Waals surface area contributed by atoms with Gasteiger partial charge in [0, 0.05) is 5.56 Å². The molecule has 0 fully saturated rings. The van der Waals surface area contributed by atoms with E-state index in [1.54, 1.807) is 36.4 Å². The summed E-state index contributed by atoms with van der Waals surface area (Å²) in [4.78, 5) is 0. The van der Waals surface area contributed by atoms with E-state index in [-0.39, 0.29) is 5.75 Å². The van der Waals surface area contributed by atoms with Crippen molar-refractivity contribution in [1.82, 2.24) is 0 Å². The van der Waals surface area contributed by atoms with Crippen LogP contribution in [0.1, 0.15) is 5.56 Å². The molecule has 0 aliphatic heterocycles. The molecule has 0 N–H and O–H groups in total. The normalized spacial score (nSPS) is 11.3. The quantitative estimate of drug-likeness (QED) is 0.761. The molecule has 0 bridgehead atoms. The summed E-state index contributed by atoms with van der Waals surface area (Å²) in [5.41, 5.74) is 2.01. The number of ether oxygens (including phenoxy) is 1. The Balaban J connectivity index is 2.48. The molecule has 2 aromatic rings. The van der Waals surface area contributed by atoms with Crippen molar-refractivity contribution in [2.45, 2.75) is 13.3 Å². The first-order chi connectivity index (χ1) is 8.46. The third kappa shape index (κ3) is 3.03. The first-order valence-corrected chi connectivity index (χ1v) is 5.37. The fraction of sp³-hybridized carbons (Fsp3) is 0.143. The third-order valence-electron chi connectivity index (χ3n) is 2.45. The van der Waals surface area contributed by atoms with Crippen LogP contribution in [-0.2, 0) is 0 Å². The Labute approximate surface area is 103 Å². The Bertz CT molecular complexity index is 532. The molecule has 1 nitrogen and oxygen atoms in total. The molecule has 0 spiro atoms. The molecule has 0 radical (unpaired) electrons. The SMILES string of the molecule is Cc1ccc(OC(F)(F)F)c(-c2ccccc2)c1. The predicted octanol–water partition coefficient (Wildman–Crippen LogP) is 4.56. The van der Waals surface area contributed by atoms with Crippen LogP contribution in [0.2, 0.25) is 0 Å². The number of rotatable bonds is 2. The van der Waals surface area contributed by atoms with E-state index in [9.17, 15) is 13.2 Å². The maximum absolute atomic E-state index is 12.3. The molecular formula is C14H11F3O. The van der Waals surface area contributed by atoms with Gasteiger partial charge in [-0.15, -0.1) is 13.2 Å². The molecule has 0 aliphatic rings. The molecule has 2 rings (SSSR count). The Morgan fingerprint density at radius 1 is 0.944 bits per heavy atom. The van der Waals surface area contributed by atoms with Crippen LogP contribution in [0, 0.1) is 6.92 Å². The van der Waals surface area contributed by atoms with Gasteiger partial charge in [-0.05, 0) is 24.6 Å². The van der Waals surface area contributed by atoms with Crippen LogP contribution >= 0.6 is 0 Å². The van der Waals surface area contributed by atoms with Crippen LogP contribution < -0.4 is 4.74 Å². The molecule has 0 unspecified atom stereocenters. The highest BCUT2D eigenvalue weighted by atomic mass is 19.4. The second-order valence-electron chi connectivity index (χ2n) is 3.91. The summed E-state index contributed by atoms with van der Waals surface area (Å²) in [6.45, 7) is 1.82. The average molecular weight is 252 g/mol. The molecule has 4 heteroatoms. The minimum absolute atomic E-state index is 0.181. The van der Waals surface area contributed by atoms with E-state index in [1.807, 2.05) is 13.0 Å². The van der Waals surface area contributed by atoms with Gasteiger partial charge in [-0.3, -0.25) is 0 Å². The van der Waals surface area contributed by atoms with Gasteiger partial charge in [-0.1, -0.05) is 42.0 Å². The van der Waals surface area contributed by atoms with Gasteiger partial charge in [0.2, 0.25) is 0 Å². The van der Waals surface area contributed by atoms with E-state index in [4.69, 9.17) is 0 Å². The van der Waals surface area contributed by atoms with Gasteiger partial charge in [0.25, 0.3) is 0 Å². The number of alkyl halides is 3. The van der Waals surface area contributed by atoms with Crippen LogP contribution in [-0.4, -0.2) is 6.36 Å². The van der Waals surface area contributed by atoms with Crippen molar-refractivity contribution in [2.75, 3.05) is 0 Å². The molecule has 0 atom stereocenters. The number of hydrogen-bond donors (Lipinski definition) is 0. The molecule has 18 heavy (non-hydrogen) atoms. The standard InChI is InChI=1S/C14H11F3O/c1-10-7-8-13(18-14(15,16)17)12(9-10)11-5-3-2-4-6-11/h2-9H,1H3. The van der Waals surface area contributed by atoms with Crippen LogP contribution in [0.3, 0.4) is 0 Å². The Kier molecular flexibility index (Phi) is 3.28. The number of halogens is 3. The lowest BCUT2D eigenvalue weighted by molar-refractivity contribution is -0.274. The van der Waals surface area contributed by atoms with Crippen molar-refractivity contribution >= 4 is 0 Å². The topological polar surface area (TPSA) is 9.23 Å². The first-order valence-electron chi connectivity index (χ1n) is 5.37. The summed E-state index contributed by atoms with van der Waals surface area (Å²) >= 11 is 0. The summed E-state index contributed by atoms with van der Waals surface area (Å²) in [5.74, 6) is -0.181.